The van der Waals surface area contributed by atoms with E-state index in [2.05, 4.69) is 21.2 Å². The molecule has 0 aliphatic rings. The number of halogens is 1. The van der Waals surface area contributed by atoms with Gasteiger partial charge in [-0.3, -0.25) is 13.9 Å². The molecule has 214 valence electrons. The Labute approximate surface area is 246 Å². The van der Waals surface area contributed by atoms with Crippen LogP contribution in [0.2, 0.25) is 0 Å². The minimum Gasteiger partial charge on any atom is -0.354 e. The first-order chi connectivity index (χ1) is 18.8. The largest absolute Gasteiger partial charge is 0.354 e. The van der Waals surface area contributed by atoms with Crippen LogP contribution in [0.4, 0.5) is 5.69 Å². The number of aryl methyl sites for hydroxylation is 2. The van der Waals surface area contributed by atoms with Crippen molar-refractivity contribution >= 4 is 43.5 Å². The first-order valence-electron chi connectivity index (χ1n) is 13.2. The quantitative estimate of drug-likeness (QED) is 0.297. The maximum Gasteiger partial charge on any atom is 0.244 e. The Kier molecular flexibility index (Phi) is 10.9. The zero-order valence-electron chi connectivity index (χ0n) is 23.7. The molecule has 3 aromatic rings. The van der Waals surface area contributed by atoms with E-state index in [4.69, 9.17) is 0 Å². The van der Waals surface area contributed by atoms with E-state index in [9.17, 15) is 18.0 Å². The average Bonchev–Trinajstić information content (AvgIpc) is 2.88. The van der Waals surface area contributed by atoms with E-state index in [0.29, 0.717) is 12.2 Å². The summed E-state index contributed by atoms with van der Waals surface area (Å²) in [4.78, 5) is 29.3. The number of anilines is 1. The summed E-state index contributed by atoms with van der Waals surface area (Å²) in [7, 11) is -3.81. The minimum atomic E-state index is -3.81. The van der Waals surface area contributed by atoms with Crippen LogP contribution in [-0.2, 0) is 32.6 Å². The van der Waals surface area contributed by atoms with E-state index in [1.165, 1.54) is 4.90 Å². The molecular formula is C31H38BrN3O4S. The van der Waals surface area contributed by atoms with Gasteiger partial charge in [-0.2, -0.15) is 0 Å². The molecule has 0 fully saturated rings. The maximum absolute atomic E-state index is 14.1. The molecule has 1 atom stereocenters. The summed E-state index contributed by atoms with van der Waals surface area (Å²) < 4.78 is 27.9. The molecule has 9 heteroatoms. The van der Waals surface area contributed by atoms with Crippen LogP contribution in [0, 0.1) is 19.8 Å². The van der Waals surface area contributed by atoms with Crippen LogP contribution in [0.3, 0.4) is 0 Å². The van der Waals surface area contributed by atoms with E-state index < -0.39 is 28.5 Å². The first kappa shape index (κ1) is 31.4. The molecular weight excluding hydrogens is 590 g/mol. The molecule has 2 amide bonds. The highest BCUT2D eigenvalue weighted by Gasteiger charge is 2.33. The summed E-state index contributed by atoms with van der Waals surface area (Å²) in [5, 5.41) is 2.99. The molecule has 40 heavy (non-hydrogen) atoms. The van der Waals surface area contributed by atoms with E-state index in [-0.39, 0.29) is 24.8 Å². The molecule has 0 bridgehead atoms. The van der Waals surface area contributed by atoms with Gasteiger partial charge >= 0.3 is 0 Å². The second kappa shape index (κ2) is 13.9. The zero-order chi connectivity index (χ0) is 29.4. The standard InChI is InChI=1S/C31H38BrN3O4S/c1-22(2)19-33-31(37)29(18-25-9-7-6-8-10-25)34(20-26-11-13-27(32)14-12-26)30(36)21-35(40(5,38)39)28-16-23(3)15-24(4)17-28/h6-17,22,29H,18-21H2,1-5H3,(H,33,37). The van der Waals surface area contributed by atoms with E-state index in [0.717, 1.165) is 37.3 Å². The number of hydrogen-bond donors (Lipinski definition) is 1. The van der Waals surface area contributed by atoms with Crippen molar-refractivity contribution in [3.05, 3.63) is 99.5 Å². The van der Waals surface area contributed by atoms with Crippen molar-refractivity contribution in [3.8, 4) is 0 Å². The van der Waals surface area contributed by atoms with E-state index in [1.54, 1.807) is 12.1 Å². The maximum atomic E-state index is 14.1. The van der Waals surface area contributed by atoms with Gasteiger partial charge in [-0.1, -0.05) is 78.3 Å². The predicted molar refractivity (Wildman–Crippen MR) is 165 cm³/mol. The Morgan fingerprint density at radius 3 is 2.05 bits per heavy atom. The van der Waals surface area contributed by atoms with Gasteiger partial charge in [0, 0.05) is 24.0 Å². The molecule has 0 saturated carbocycles. The fourth-order valence-electron chi connectivity index (χ4n) is 4.47. The van der Waals surface area contributed by atoms with E-state index in [1.807, 2.05) is 88.4 Å². The van der Waals surface area contributed by atoms with Crippen LogP contribution >= 0.6 is 15.9 Å². The molecule has 3 rings (SSSR count). The molecule has 1 N–H and O–H groups in total. The summed E-state index contributed by atoms with van der Waals surface area (Å²) in [6.45, 7) is 7.95. The molecule has 0 aliphatic carbocycles. The zero-order valence-corrected chi connectivity index (χ0v) is 26.1. The fourth-order valence-corrected chi connectivity index (χ4v) is 5.57. The highest BCUT2D eigenvalue weighted by molar-refractivity contribution is 9.10. The lowest BCUT2D eigenvalue weighted by Crippen LogP contribution is -2.53. The van der Waals surface area contributed by atoms with Gasteiger partial charge in [0.15, 0.2) is 0 Å². The Balaban J connectivity index is 2.06. The number of carbonyl (C=O) groups excluding carboxylic acids is 2. The van der Waals surface area contributed by atoms with Crippen molar-refractivity contribution in [1.29, 1.82) is 0 Å². The lowest BCUT2D eigenvalue weighted by atomic mass is 10.0. The number of benzene rings is 3. The molecule has 7 nitrogen and oxygen atoms in total. The molecule has 3 aromatic carbocycles. The number of rotatable bonds is 12. The van der Waals surface area contributed by atoms with Crippen LogP contribution in [0.25, 0.3) is 0 Å². The highest BCUT2D eigenvalue weighted by Crippen LogP contribution is 2.23. The second-order valence-electron chi connectivity index (χ2n) is 10.6. The lowest BCUT2D eigenvalue weighted by molar-refractivity contribution is -0.140. The molecule has 0 radical (unpaired) electrons. The lowest BCUT2D eigenvalue weighted by Gasteiger charge is -2.33. The third kappa shape index (κ3) is 9.20. The van der Waals surface area contributed by atoms with Crippen molar-refractivity contribution in [2.45, 2.75) is 46.7 Å². The number of nitrogens with one attached hydrogen (secondary N) is 1. The van der Waals surface area contributed by atoms with Gasteiger partial charge in [0.1, 0.15) is 12.6 Å². The van der Waals surface area contributed by atoms with Gasteiger partial charge in [0.05, 0.1) is 11.9 Å². The average molecular weight is 629 g/mol. The normalized spacial score (nSPS) is 12.2. The Morgan fingerprint density at radius 2 is 1.50 bits per heavy atom. The van der Waals surface area contributed by atoms with Gasteiger partial charge in [0.2, 0.25) is 21.8 Å². The highest BCUT2D eigenvalue weighted by atomic mass is 79.9. The number of sulfonamides is 1. The molecule has 0 spiro atoms. The fraction of sp³-hybridized carbons (Fsp3) is 0.355. The van der Waals surface area contributed by atoms with Crippen molar-refractivity contribution in [3.63, 3.8) is 0 Å². The van der Waals surface area contributed by atoms with Crippen molar-refractivity contribution in [1.82, 2.24) is 10.2 Å². The molecule has 0 aliphatic heterocycles. The third-order valence-electron chi connectivity index (χ3n) is 6.40. The third-order valence-corrected chi connectivity index (χ3v) is 8.06. The summed E-state index contributed by atoms with van der Waals surface area (Å²) >= 11 is 3.45. The number of nitrogens with zero attached hydrogens (tertiary/aromatic N) is 2. The number of hydrogen-bond acceptors (Lipinski definition) is 4. The van der Waals surface area contributed by atoms with Crippen LogP contribution in [0.15, 0.2) is 77.3 Å². The van der Waals surface area contributed by atoms with E-state index >= 15 is 0 Å². The molecule has 1 unspecified atom stereocenters. The van der Waals surface area contributed by atoms with Crippen LogP contribution in [0.1, 0.15) is 36.1 Å². The Morgan fingerprint density at radius 1 is 0.900 bits per heavy atom. The Bertz CT molecular complexity index is 1390. The summed E-state index contributed by atoms with van der Waals surface area (Å²) in [5.41, 5.74) is 3.91. The number of amides is 2. The predicted octanol–water partition coefficient (Wildman–Crippen LogP) is 5.24. The summed E-state index contributed by atoms with van der Waals surface area (Å²) in [6.07, 6.45) is 1.38. The van der Waals surface area contributed by atoms with Crippen LogP contribution < -0.4 is 9.62 Å². The number of carbonyl (C=O) groups is 2. The summed E-state index contributed by atoms with van der Waals surface area (Å²) in [5.74, 6) is -0.518. The minimum absolute atomic E-state index is 0.142. The van der Waals surface area contributed by atoms with Crippen molar-refractivity contribution in [2.75, 3.05) is 23.7 Å². The van der Waals surface area contributed by atoms with Crippen LogP contribution in [-0.4, -0.2) is 50.5 Å². The smallest absolute Gasteiger partial charge is 0.244 e. The van der Waals surface area contributed by atoms with Gasteiger partial charge in [-0.15, -0.1) is 0 Å². The molecule has 0 saturated heterocycles. The topological polar surface area (TPSA) is 86.8 Å². The van der Waals surface area contributed by atoms with Gasteiger partial charge < -0.3 is 10.2 Å². The van der Waals surface area contributed by atoms with Gasteiger partial charge in [-0.05, 0) is 66.3 Å². The second-order valence-corrected chi connectivity index (χ2v) is 13.4. The van der Waals surface area contributed by atoms with Crippen LogP contribution in [0.5, 0.6) is 0 Å². The van der Waals surface area contributed by atoms with Crippen molar-refractivity contribution in [2.24, 2.45) is 5.92 Å². The van der Waals surface area contributed by atoms with Crippen molar-refractivity contribution < 1.29 is 18.0 Å². The molecule has 0 aromatic heterocycles. The van der Waals surface area contributed by atoms with Gasteiger partial charge in [-0.25, -0.2) is 8.42 Å². The SMILES string of the molecule is Cc1cc(C)cc(N(CC(=O)N(Cc2ccc(Br)cc2)C(Cc2ccccc2)C(=O)NCC(C)C)S(C)(=O)=O)c1. The monoisotopic (exact) mass is 627 g/mol. The van der Waals surface area contributed by atoms with Gasteiger partial charge in [0.25, 0.3) is 0 Å². The first-order valence-corrected chi connectivity index (χ1v) is 15.9. The summed E-state index contributed by atoms with van der Waals surface area (Å²) in [6, 6.07) is 21.6. The molecule has 0 heterocycles. The Hall–Kier alpha value is -3.17.